The number of nitrogens with zero attached hydrogens (tertiary/aromatic N) is 1. The Kier molecular flexibility index (Phi) is 4.20. The van der Waals surface area contributed by atoms with Crippen LogP contribution in [-0.4, -0.2) is 25.6 Å². The average molecular weight is 237 g/mol. The molecule has 0 radical (unpaired) electrons. The maximum Gasteiger partial charge on any atom is 0.236 e. The highest BCUT2D eigenvalue weighted by atomic mass is 16.5. The summed E-state index contributed by atoms with van der Waals surface area (Å²) in [4.78, 5) is 12.9. The molecule has 0 atom stereocenters. The summed E-state index contributed by atoms with van der Waals surface area (Å²) in [5.41, 5.74) is 12.4. The number of methoxy groups -OCH3 is 1. The summed E-state index contributed by atoms with van der Waals surface area (Å²) >= 11 is 0. The number of hydrogen-bond acceptors (Lipinski definition) is 4. The summed E-state index contributed by atoms with van der Waals surface area (Å²) in [6.45, 7) is 4.16. The van der Waals surface area contributed by atoms with Gasteiger partial charge in [-0.2, -0.15) is 0 Å². The summed E-state index contributed by atoms with van der Waals surface area (Å²) in [5, 5.41) is 0. The Morgan fingerprint density at radius 2 is 2.12 bits per heavy atom. The first kappa shape index (κ1) is 13.2. The fraction of sp³-hybridized carbons (Fsp3) is 0.417. The van der Waals surface area contributed by atoms with Crippen LogP contribution in [-0.2, 0) is 4.79 Å². The molecule has 4 N–H and O–H groups in total. The van der Waals surface area contributed by atoms with Gasteiger partial charge in [0.25, 0.3) is 0 Å². The smallest absolute Gasteiger partial charge is 0.236 e. The van der Waals surface area contributed by atoms with Crippen molar-refractivity contribution in [3.63, 3.8) is 0 Å². The molecule has 94 valence electrons. The molecule has 1 aromatic carbocycles. The van der Waals surface area contributed by atoms with Crippen LogP contribution in [0.4, 0.5) is 11.4 Å². The van der Waals surface area contributed by atoms with Crippen LogP contribution in [0.15, 0.2) is 18.2 Å². The van der Waals surface area contributed by atoms with Crippen molar-refractivity contribution in [1.82, 2.24) is 0 Å². The van der Waals surface area contributed by atoms with Gasteiger partial charge in [-0.05, 0) is 26.0 Å². The van der Waals surface area contributed by atoms with E-state index < -0.39 is 0 Å². The van der Waals surface area contributed by atoms with Gasteiger partial charge in [0.05, 0.1) is 19.3 Å². The number of nitrogens with two attached hydrogens (primary N) is 2. The van der Waals surface area contributed by atoms with Gasteiger partial charge in [-0.15, -0.1) is 0 Å². The number of ether oxygens (including phenoxy) is 1. The van der Waals surface area contributed by atoms with E-state index in [1.807, 2.05) is 24.8 Å². The van der Waals surface area contributed by atoms with E-state index in [4.69, 9.17) is 16.2 Å². The number of carbonyl (C=O) groups is 1. The topological polar surface area (TPSA) is 81.6 Å². The number of amides is 1. The third kappa shape index (κ3) is 3.27. The van der Waals surface area contributed by atoms with Crippen LogP contribution in [0, 0.1) is 0 Å². The number of anilines is 2. The molecule has 0 fully saturated rings. The number of primary amides is 1. The van der Waals surface area contributed by atoms with Gasteiger partial charge in [-0.3, -0.25) is 4.79 Å². The molecule has 0 aliphatic heterocycles. The predicted molar refractivity (Wildman–Crippen MR) is 69.1 cm³/mol. The monoisotopic (exact) mass is 237 g/mol. The third-order valence-electron chi connectivity index (χ3n) is 2.50. The van der Waals surface area contributed by atoms with Gasteiger partial charge in [0.1, 0.15) is 5.75 Å². The Morgan fingerprint density at radius 1 is 1.47 bits per heavy atom. The van der Waals surface area contributed by atoms with Crippen LogP contribution in [0.1, 0.15) is 13.8 Å². The van der Waals surface area contributed by atoms with Crippen molar-refractivity contribution < 1.29 is 9.53 Å². The maximum absolute atomic E-state index is 11.0. The van der Waals surface area contributed by atoms with Gasteiger partial charge in [-0.1, -0.05) is 0 Å². The molecular weight excluding hydrogens is 218 g/mol. The highest BCUT2D eigenvalue weighted by molar-refractivity contribution is 5.80. The lowest BCUT2D eigenvalue weighted by atomic mass is 10.2. The van der Waals surface area contributed by atoms with E-state index in [-0.39, 0.29) is 18.5 Å². The summed E-state index contributed by atoms with van der Waals surface area (Å²) < 4.78 is 5.15. The first-order chi connectivity index (χ1) is 7.95. The van der Waals surface area contributed by atoms with E-state index in [2.05, 4.69) is 0 Å². The van der Waals surface area contributed by atoms with Crippen molar-refractivity contribution >= 4 is 17.3 Å². The molecule has 0 aliphatic rings. The van der Waals surface area contributed by atoms with Crippen molar-refractivity contribution in [2.45, 2.75) is 19.9 Å². The zero-order valence-corrected chi connectivity index (χ0v) is 10.4. The molecule has 1 amide bonds. The van der Waals surface area contributed by atoms with Crippen LogP contribution in [0.3, 0.4) is 0 Å². The lowest BCUT2D eigenvalue weighted by Crippen LogP contribution is -2.38. The molecule has 0 aliphatic carbocycles. The van der Waals surface area contributed by atoms with Crippen LogP contribution >= 0.6 is 0 Å². The Morgan fingerprint density at radius 3 is 2.59 bits per heavy atom. The molecule has 0 aromatic heterocycles. The van der Waals surface area contributed by atoms with E-state index in [1.54, 1.807) is 19.2 Å². The van der Waals surface area contributed by atoms with Gasteiger partial charge < -0.3 is 21.1 Å². The molecule has 0 saturated carbocycles. The Labute approximate surface area is 101 Å². The second-order valence-corrected chi connectivity index (χ2v) is 4.11. The van der Waals surface area contributed by atoms with Crippen molar-refractivity contribution in [3.8, 4) is 5.75 Å². The number of hydrogen-bond donors (Lipinski definition) is 2. The molecule has 0 spiro atoms. The van der Waals surface area contributed by atoms with Crippen molar-refractivity contribution in [2.24, 2.45) is 5.73 Å². The summed E-state index contributed by atoms with van der Waals surface area (Å²) in [7, 11) is 1.56. The van der Waals surface area contributed by atoms with Gasteiger partial charge >= 0.3 is 0 Å². The first-order valence-corrected chi connectivity index (χ1v) is 5.44. The van der Waals surface area contributed by atoms with Crippen LogP contribution in [0.25, 0.3) is 0 Å². The quantitative estimate of drug-likeness (QED) is 0.748. The second kappa shape index (κ2) is 5.43. The molecule has 5 nitrogen and oxygen atoms in total. The minimum Gasteiger partial charge on any atom is -0.495 e. The maximum atomic E-state index is 11.0. The summed E-state index contributed by atoms with van der Waals surface area (Å²) in [6.07, 6.45) is 0. The van der Waals surface area contributed by atoms with E-state index in [0.717, 1.165) is 5.69 Å². The predicted octanol–water partition coefficient (Wildman–Crippen LogP) is 0.977. The SMILES string of the molecule is COc1cc(N(CC(N)=O)C(C)C)ccc1N. The van der Waals surface area contributed by atoms with Gasteiger partial charge in [0, 0.05) is 17.8 Å². The number of benzene rings is 1. The van der Waals surface area contributed by atoms with Crippen molar-refractivity contribution in [2.75, 3.05) is 24.3 Å². The third-order valence-corrected chi connectivity index (χ3v) is 2.50. The Bertz CT molecular complexity index is 405. The average Bonchev–Trinajstić information content (AvgIpc) is 2.26. The van der Waals surface area contributed by atoms with E-state index in [1.165, 1.54) is 0 Å². The fourth-order valence-electron chi connectivity index (χ4n) is 1.62. The molecular formula is C12H19N3O2. The number of carbonyl (C=O) groups excluding carboxylic acids is 1. The first-order valence-electron chi connectivity index (χ1n) is 5.44. The largest absolute Gasteiger partial charge is 0.495 e. The van der Waals surface area contributed by atoms with Crippen LogP contribution in [0.2, 0.25) is 0 Å². The molecule has 5 heteroatoms. The highest BCUT2D eigenvalue weighted by Gasteiger charge is 2.14. The second-order valence-electron chi connectivity index (χ2n) is 4.11. The Hall–Kier alpha value is -1.91. The van der Waals surface area contributed by atoms with Gasteiger partial charge in [-0.25, -0.2) is 0 Å². The lowest BCUT2D eigenvalue weighted by molar-refractivity contribution is -0.116. The van der Waals surface area contributed by atoms with E-state index in [9.17, 15) is 4.79 Å². The molecule has 0 unspecified atom stereocenters. The van der Waals surface area contributed by atoms with Crippen LogP contribution < -0.4 is 21.1 Å². The van der Waals surface area contributed by atoms with Crippen molar-refractivity contribution in [1.29, 1.82) is 0 Å². The number of rotatable bonds is 5. The summed E-state index contributed by atoms with van der Waals surface area (Å²) in [6, 6.07) is 5.57. The minimum absolute atomic E-state index is 0.163. The zero-order valence-electron chi connectivity index (χ0n) is 10.4. The molecule has 0 saturated heterocycles. The molecule has 1 rings (SSSR count). The van der Waals surface area contributed by atoms with Crippen LogP contribution in [0.5, 0.6) is 5.75 Å². The minimum atomic E-state index is -0.366. The standard InChI is InChI=1S/C12H19N3O2/c1-8(2)15(7-12(14)16)9-4-5-10(13)11(6-9)17-3/h4-6,8H,7,13H2,1-3H3,(H2,14,16). The molecule has 0 heterocycles. The zero-order chi connectivity index (χ0) is 13.0. The van der Waals surface area contributed by atoms with E-state index >= 15 is 0 Å². The van der Waals surface area contributed by atoms with E-state index in [0.29, 0.717) is 11.4 Å². The van der Waals surface area contributed by atoms with Gasteiger partial charge in [0.15, 0.2) is 0 Å². The Balaban J connectivity index is 3.05. The molecule has 1 aromatic rings. The molecule has 17 heavy (non-hydrogen) atoms. The normalized spacial score (nSPS) is 10.4. The lowest BCUT2D eigenvalue weighted by Gasteiger charge is -2.28. The highest BCUT2D eigenvalue weighted by Crippen LogP contribution is 2.28. The number of nitrogen functional groups attached to an aromatic ring is 1. The summed E-state index contributed by atoms with van der Waals surface area (Å²) in [5.74, 6) is 0.229. The van der Waals surface area contributed by atoms with Gasteiger partial charge in [0.2, 0.25) is 5.91 Å². The molecule has 0 bridgehead atoms. The fourth-order valence-corrected chi connectivity index (χ4v) is 1.62. The van der Waals surface area contributed by atoms with Crippen molar-refractivity contribution in [3.05, 3.63) is 18.2 Å².